The Kier molecular flexibility index (Phi) is 3.85. The summed E-state index contributed by atoms with van der Waals surface area (Å²) in [7, 11) is 0. The van der Waals surface area contributed by atoms with Gasteiger partial charge < -0.3 is 14.9 Å². The molecule has 3 saturated carbocycles. The number of ether oxygens (including phenoxy) is 1. The fraction of sp³-hybridized carbons (Fsp3) is 0.667. The second kappa shape index (κ2) is 5.38. The summed E-state index contributed by atoms with van der Waals surface area (Å²) in [5.74, 6) is 0.692. The molecule has 4 rings (SSSR count). The summed E-state index contributed by atoms with van der Waals surface area (Å²) in [4.78, 5) is 0. The average molecular weight is 290 g/mol. The Morgan fingerprint density at radius 3 is 2.57 bits per heavy atom. The topological polar surface area (TPSA) is 49.7 Å². The summed E-state index contributed by atoms with van der Waals surface area (Å²) in [6.45, 7) is 5.22. The third kappa shape index (κ3) is 2.52. The van der Waals surface area contributed by atoms with Gasteiger partial charge in [-0.25, -0.2) is 0 Å². The van der Waals surface area contributed by atoms with E-state index in [1.165, 1.54) is 5.56 Å². The summed E-state index contributed by atoms with van der Waals surface area (Å²) in [5.41, 5.74) is 0.281. The van der Waals surface area contributed by atoms with Gasteiger partial charge in [0.2, 0.25) is 0 Å². The van der Waals surface area contributed by atoms with Gasteiger partial charge in [-0.05, 0) is 42.1 Å². The molecule has 2 N–H and O–H groups in total. The van der Waals surface area contributed by atoms with Crippen molar-refractivity contribution >= 4 is 0 Å². The van der Waals surface area contributed by atoms with Gasteiger partial charge in [-0.15, -0.1) is 0 Å². The second-order valence-corrected chi connectivity index (χ2v) is 7.34. The highest BCUT2D eigenvalue weighted by atomic mass is 16.5. The van der Waals surface area contributed by atoms with Crippen LogP contribution in [0.3, 0.4) is 0 Å². The molecule has 3 heteroatoms. The maximum Gasteiger partial charge on any atom is 0.117 e. The second-order valence-electron chi connectivity index (χ2n) is 7.34. The van der Waals surface area contributed by atoms with E-state index in [0.717, 1.165) is 12.8 Å². The van der Waals surface area contributed by atoms with Crippen molar-refractivity contribution in [3.05, 3.63) is 35.9 Å². The Morgan fingerprint density at radius 1 is 1.19 bits per heavy atom. The third-order valence-corrected chi connectivity index (χ3v) is 5.87. The fourth-order valence-electron chi connectivity index (χ4n) is 4.24. The van der Waals surface area contributed by atoms with Gasteiger partial charge in [0.05, 0.1) is 19.3 Å². The molecule has 3 fully saturated rings. The van der Waals surface area contributed by atoms with Crippen molar-refractivity contribution in [3.8, 4) is 0 Å². The lowest BCUT2D eigenvalue weighted by Gasteiger charge is -2.64. The van der Waals surface area contributed by atoms with Crippen LogP contribution in [0.15, 0.2) is 30.3 Å². The van der Waals surface area contributed by atoms with Crippen LogP contribution in [0.4, 0.5) is 0 Å². The van der Waals surface area contributed by atoms with E-state index in [4.69, 9.17) is 4.74 Å². The molecule has 3 nitrogen and oxygen atoms in total. The summed E-state index contributed by atoms with van der Waals surface area (Å²) in [6.07, 6.45) is 1.90. The number of benzene rings is 1. The number of aliphatic hydroxyl groups is 2. The lowest BCUT2D eigenvalue weighted by atomic mass is 9.43. The third-order valence-electron chi connectivity index (χ3n) is 5.87. The van der Waals surface area contributed by atoms with Crippen LogP contribution in [0.5, 0.6) is 0 Å². The molecule has 116 valence electrons. The molecule has 0 amide bonds. The summed E-state index contributed by atoms with van der Waals surface area (Å²) < 4.78 is 5.73. The largest absolute Gasteiger partial charge is 0.390 e. The molecule has 1 aromatic rings. The van der Waals surface area contributed by atoms with Crippen molar-refractivity contribution in [1.82, 2.24) is 0 Å². The van der Waals surface area contributed by atoms with Gasteiger partial charge in [0, 0.05) is 0 Å². The van der Waals surface area contributed by atoms with Gasteiger partial charge in [-0.3, -0.25) is 0 Å². The first-order valence-electron chi connectivity index (χ1n) is 7.96. The van der Waals surface area contributed by atoms with Crippen LogP contribution in [0.1, 0.15) is 32.3 Å². The van der Waals surface area contributed by atoms with E-state index >= 15 is 0 Å². The maximum absolute atomic E-state index is 10.9. The molecular formula is C18H26O3. The van der Waals surface area contributed by atoms with E-state index in [2.05, 4.69) is 26.0 Å². The Labute approximate surface area is 127 Å². The van der Waals surface area contributed by atoms with Gasteiger partial charge in [0.15, 0.2) is 0 Å². The van der Waals surface area contributed by atoms with Crippen LogP contribution in [0.2, 0.25) is 0 Å². The molecule has 0 spiro atoms. The molecular weight excluding hydrogens is 264 g/mol. The van der Waals surface area contributed by atoms with Crippen LogP contribution in [0, 0.1) is 17.3 Å². The molecule has 4 atom stereocenters. The summed E-state index contributed by atoms with van der Waals surface area (Å²) in [6, 6.07) is 10.2. The highest BCUT2D eigenvalue weighted by molar-refractivity contribution is 5.15. The van der Waals surface area contributed by atoms with Gasteiger partial charge in [-0.2, -0.15) is 0 Å². The van der Waals surface area contributed by atoms with Crippen molar-refractivity contribution in [2.24, 2.45) is 17.3 Å². The zero-order valence-corrected chi connectivity index (χ0v) is 13.0. The fourth-order valence-corrected chi connectivity index (χ4v) is 4.24. The smallest absolute Gasteiger partial charge is 0.117 e. The van der Waals surface area contributed by atoms with E-state index < -0.39 is 11.7 Å². The van der Waals surface area contributed by atoms with E-state index in [0.29, 0.717) is 18.9 Å². The van der Waals surface area contributed by atoms with Gasteiger partial charge >= 0.3 is 0 Å². The molecule has 0 radical (unpaired) electrons. The molecule has 0 saturated heterocycles. The van der Waals surface area contributed by atoms with Gasteiger partial charge in [0.25, 0.3) is 0 Å². The van der Waals surface area contributed by atoms with Crippen molar-refractivity contribution < 1.29 is 14.9 Å². The number of hydrogen-bond donors (Lipinski definition) is 2. The van der Waals surface area contributed by atoms with Crippen LogP contribution in [-0.2, 0) is 11.2 Å². The zero-order valence-electron chi connectivity index (χ0n) is 13.0. The zero-order chi connectivity index (χ0) is 15.1. The molecule has 0 aliphatic heterocycles. The minimum Gasteiger partial charge on any atom is -0.390 e. The minimum absolute atomic E-state index is 0.122. The standard InChI is InChI=1S/C18H26O3/c1-17(2)14-10-15(17)18(20,16(19)11-14)12-21-9-8-13-6-4-3-5-7-13/h3-7,14-16,19-20H,8-12H2,1-2H3/t14-,15-,16+,18-/m1/s1. The predicted octanol–water partition coefficient (Wildman–Crippen LogP) is 2.40. The molecule has 21 heavy (non-hydrogen) atoms. The van der Waals surface area contributed by atoms with Crippen molar-refractivity contribution in [1.29, 1.82) is 0 Å². The number of aliphatic hydroxyl groups excluding tert-OH is 1. The van der Waals surface area contributed by atoms with E-state index in [1.54, 1.807) is 0 Å². The lowest BCUT2D eigenvalue weighted by molar-refractivity contribution is -0.269. The highest BCUT2D eigenvalue weighted by Crippen LogP contribution is 2.62. The molecule has 0 aromatic heterocycles. The molecule has 0 heterocycles. The molecule has 1 aromatic carbocycles. The first kappa shape index (κ1) is 15.0. The first-order valence-corrected chi connectivity index (χ1v) is 7.96. The van der Waals surface area contributed by atoms with Crippen LogP contribution in [0.25, 0.3) is 0 Å². The lowest BCUT2D eigenvalue weighted by Crippen LogP contribution is -2.69. The van der Waals surface area contributed by atoms with E-state index in [1.807, 2.05) is 18.2 Å². The summed E-state index contributed by atoms with van der Waals surface area (Å²) in [5, 5.41) is 21.2. The first-order chi connectivity index (χ1) is 9.94. The van der Waals surface area contributed by atoms with Crippen LogP contribution < -0.4 is 0 Å². The number of fused-ring (bicyclic) bond motifs is 2. The minimum atomic E-state index is -1.07. The SMILES string of the molecule is CC1(C)[C@@H]2C[C@H]1[C@](O)(COCCc1ccccc1)[C@@H](O)C2. The summed E-state index contributed by atoms with van der Waals surface area (Å²) >= 11 is 0. The highest BCUT2D eigenvalue weighted by Gasteiger charge is 2.64. The molecule has 0 unspecified atom stereocenters. The number of rotatable bonds is 5. The predicted molar refractivity (Wildman–Crippen MR) is 81.9 cm³/mol. The van der Waals surface area contributed by atoms with Crippen molar-refractivity contribution in [3.63, 3.8) is 0 Å². The normalized spacial score (nSPS) is 37.0. The number of hydrogen-bond acceptors (Lipinski definition) is 3. The Hall–Kier alpha value is -0.900. The van der Waals surface area contributed by atoms with Crippen molar-refractivity contribution in [2.75, 3.05) is 13.2 Å². The van der Waals surface area contributed by atoms with Gasteiger partial charge in [-0.1, -0.05) is 44.2 Å². The maximum atomic E-state index is 10.9. The quantitative estimate of drug-likeness (QED) is 0.819. The van der Waals surface area contributed by atoms with Crippen LogP contribution in [-0.4, -0.2) is 35.1 Å². The Balaban J connectivity index is 1.54. The molecule has 3 aliphatic carbocycles. The monoisotopic (exact) mass is 290 g/mol. The average Bonchev–Trinajstić information content (AvgIpc) is 2.47. The Morgan fingerprint density at radius 2 is 1.90 bits per heavy atom. The molecule has 3 aliphatic rings. The van der Waals surface area contributed by atoms with E-state index in [-0.39, 0.29) is 17.9 Å². The van der Waals surface area contributed by atoms with E-state index in [9.17, 15) is 10.2 Å². The van der Waals surface area contributed by atoms with Gasteiger partial charge in [0.1, 0.15) is 5.60 Å². The van der Waals surface area contributed by atoms with Crippen LogP contribution >= 0.6 is 0 Å². The Bertz CT molecular complexity index is 484. The van der Waals surface area contributed by atoms with Crippen molar-refractivity contribution in [2.45, 2.75) is 44.8 Å². The molecule has 2 bridgehead atoms.